The maximum absolute atomic E-state index is 11.8. The number of piperazine rings is 1. The molecule has 2 fully saturated rings. The molecule has 4 rings (SSSR count). The lowest BCUT2D eigenvalue weighted by molar-refractivity contribution is 0.0690. The Hall–Kier alpha value is -1.22. The van der Waals surface area contributed by atoms with E-state index in [-0.39, 0.29) is 17.3 Å². The van der Waals surface area contributed by atoms with Gasteiger partial charge in [-0.25, -0.2) is 4.79 Å². The van der Waals surface area contributed by atoms with Gasteiger partial charge < -0.3 is 19.7 Å². The summed E-state index contributed by atoms with van der Waals surface area (Å²) in [6.07, 6.45) is 0.878. The quantitative estimate of drug-likeness (QED) is 0.607. The van der Waals surface area contributed by atoms with E-state index in [2.05, 4.69) is 16.8 Å². The summed E-state index contributed by atoms with van der Waals surface area (Å²) in [5, 5.41) is 19.7. The molecule has 2 heterocycles. The lowest BCUT2D eigenvalue weighted by Gasteiger charge is -2.32. The van der Waals surface area contributed by atoms with Crippen molar-refractivity contribution in [1.29, 1.82) is 0 Å². The van der Waals surface area contributed by atoms with Gasteiger partial charge in [-0.2, -0.15) is 0 Å². The molecule has 1 saturated heterocycles. The summed E-state index contributed by atoms with van der Waals surface area (Å²) in [5.74, 6) is 0.622. The van der Waals surface area contributed by atoms with Crippen molar-refractivity contribution in [2.75, 3.05) is 45.5 Å². The fourth-order valence-electron chi connectivity index (χ4n) is 3.77. The Bertz CT molecular complexity index is 681. The molecule has 1 aromatic rings. The van der Waals surface area contributed by atoms with Crippen LogP contribution < -0.4 is 4.65 Å². The molecule has 1 aromatic carbocycles. The normalized spacial score (nSPS) is 25.9. The minimum Gasteiger partial charge on any atom is -0.535 e. The molecule has 0 aromatic heterocycles. The molecule has 0 spiro atoms. The van der Waals surface area contributed by atoms with Crippen LogP contribution in [0.15, 0.2) is 17.0 Å². The Labute approximate surface area is 152 Å². The number of hydrogen-bond acceptors (Lipinski definition) is 6. The van der Waals surface area contributed by atoms with Gasteiger partial charge in [-0.1, -0.05) is 6.07 Å². The Morgan fingerprint density at radius 2 is 2.12 bits per heavy atom. The standard InChI is InChI=1S/C17H23BN2O4S/c1-19-4-6-20(7-5-19)8-9-25-14-3-2-11-12-10-13(12)18(23)24-16(11)15(14)17(21)22/h2-3,12-13,23H,4-10H2,1H3,(H,21,22)/t12?,13-/m0/s1. The van der Waals surface area contributed by atoms with Gasteiger partial charge in [0.05, 0.1) is 0 Å². The zero-order chi connectivity index (χ0) is 17.6. The van der Waals surface area contributed by atoms with Crippen LogP contribution in [0, 0.1) is 0 Å². The molecule has 1 saturated carbocycles. The van der Waals surface area contributed by atoms with Crippen LogP contribution in [0.1, 0.15) is 28.3 Å². The zero-order valence-electron chi connectivity index (χ0n) is 14.4. The van der Waals surface area contributed by atoms with E-state index in [1.54, 1.807) is 11.8 Å². The van der Waals surface area contributed by atoms with E-state index in [1.165, 1.54) is 0 Å². The summed E-state index contributed by atoms with van der Waals surface area (Å²) in [4.78, 5) is 17.3. The number of nitrogens with zero attached hydrogens (tertiary/aromatic N) is 2. The molecule has 3 aliphatic rings. The first kappa shape index (κ1) is 17.2. The molecule has 0 amide bonds. The number of rotatable bonds is 5. The lowest BCUT2D eigenvalue weighted by atomic mass is 9.77. The molecular weight excluding hydrogens is 339 g/mol. The van der Waals surface area contributed by atoms with Gasteiger partial charge in [-0.15, -0.1) is 11.8 Å². The Morgan fingerprint density at radius 3 is 2.84 bits per heavy atom. The van der Waals surface area contributed by atoms with Crippen LogP contribution in [0.3, 0.4) is 0 Å². The van der Waals surface area contributed by atoms with Gasteiger partial charge in [0, 0.05) is 49.2 Å². The van der Waals surface area contributed by atoms with Crippen LogP contribution in [0.4, 0.5) is 0 Å². The molecule has 0 bridgehead atoms. The maximum Gasteiger partial charge on any atom is 0.526 e. The number of likely N-dealkylation sites (N-methyl/N-ethyl adjacent to an activating group) is 1. The molecule has 2 atom stereocenters. The Balaban J connectivity index is 1.46. The van der Waals surface area contributed by atoms with Gasteiger partial charge in [0.1, 0.15) is 11.3 Å². The van der Waals surface area contributed by atoms with Gasteiger partial charge in [0.25, 0.3) is 0 Å². The lowest BCUT2D eigenvalue weighted by Crippen LogP contribution is -2.45. The number of thioether (sulfide) groups is 1. The molecule has 2 aliphatic heterocycles. The molecule has 134 valence electrons. The first-order valence-corrected chi connectivity index (χ1v) is 9.82. The van der Waals surface area contributed by atoms with Crippen LogP contribution in [-0.4, -0.2) is 78.5 Å². The van der Waals surface area contributed by atoms with Crippen LogP contribution >= 0.6 is 11.8 Å². The average molecular weight is 362 g/mol. The summed E-state index contributed by atoms with van der Waals surface area (Å²) in [6, 6.07) is 3.89. The minimum absolute atomic E-state index is 0.130. The molecule has 2 N–H and O–H groups in total. The number of fused-ring (bicyclic) bond motifs is 3. The summed E-state index contributed by atoms with van der Waals surface area (Å²) in [7, 11) is 1.26. The van der Waals surface area contributed by atoms with Gasteiger partial charge in [0.15, 0.2) is 0 Å². The first-order valence-electron chi connectivity index (χ1n) is 8.83. The Kier molecular flexibility index (Phi) is 4.70. The molecule has 8 heteroatoms. The third-order valence-electron chi connectivity index (χ3n) is 5.47. The highest BCUT2D eigenvalue weighted by atomic mass is 32.2. The van der Waals surface area contributed by atoms with E-state index in [4.69, 9.17) is 4.65 Å². The van der Waals surface area contributed by atoms with Gasteiger partial charge in [-0.3, -0.25) is 4.90 Å². The molecular formula is C17H23BN2O4S. The highest BCUT2D eigenvalue weighted by molar-refractivity contribution is 7.99. The van der Waals surface area contributed by atoms with Gasteiger partial charge in [0.2, 0.25) is 0 Å². The monoisotopic (exact) mass is 362 g/mol. The summed E-state index contributed by atoms with van der Waals surface area (Å²) >= 11 is 1.56. The van der Waals surface area contributed by atoms with E-state index < -0.39 is 13.1 Å². The van der Waals surface area contributed by atoms with Crippen molar-refractivity contribution in [3.8, 4) is 5.75 Å². The van der Waals surface area contributed by atoms with Crippen molar-refractivity contribution in [2.24, 2.45) is 0 Å². The number of benzene rings is 1. The number of hydrogen-bond donors (Lipinski definition) is 2. The van der Waals surface area contributed by atoms with Crippen LogP contribution in [-0.2, 0) is 0 Å². The zero-order valence-corrected chi connectivity index (χ0v) is 15.2. The van der Waals surface area contributed by atoms with E-state index >= 15 is 0 Å². The van der Waals surface area contributed by atoms with Gasteiger partial charge in [-0.05, 0) is 31.0 Å². The van der Waals surface area contributed by atoms with E-state index in [0.29, 0.717) is 5.75 Å². The molecule has 6 nitrogen and oxygen atoms in total. The van der Waals surface area contributed by atoms with E-state index in [9.17, 15) is 14.9 Å². The van der Waals surface area contributed by atoms with Crippen LogP contribution in [0.25, 0.3) is 0 Å². The van der Waals surface area contributed by atoms with Crippen molar-refractivity contribution in [1.82, 2.24) is 9.80 Å². The van der Waals surface area contributed by atoms with Gasteiger partial charge >= 0.3 is 13.1 Å². The largest absolute Gasteiger partial charge is 0.535 e. The van der Waals surface area contributed by atoms with E-state index in [1.807, 2.05) is 12.1 Å². The topological polar surface area (TPSA) is 73.2 Å². The van der Waals surface area contributed by atoms with Crippen molar-refractivity contribution in [2.45, 2.75) is 23.1 Å². The maximum atomic E-state index is 11.8. The predicted octanol–water partition coefficient (Wildman–Crippen LogP) is 1.45. The van der Waals surface area contributed by atoms with Crippen molar-refractivity contribution < 1.29 is 19.6 Å². The molecule has 1 aliphatic carbocycles. The highest BCUT2D eigenvalue weighted by Gasteiger charge is 2.54. The number of carboxylic acids is 1. The third kappa shape index (κ3) is 3.40. The molecule has 1 unspecified atom stereocenters. The van der Waals surface area contributed by atoms with Crippen molar-refractivity contribution in [3.05, 3.63) is 23.3 Å². The summed E-state index contributed by atoms with van der Waals surface area (Å²) < 4.78 is 5.57. The summed E-state index contributed by atoms with van der Waals surface area (Å²) in [6.45, 7) is 5.23. The smallest absolute Gasteiger partial charge is 0.526 e. The third-order valence-corrected chi connectivity index (χ3v) is 6.51. The van der Waals surface area contributed by atoms with Crippen molar-refractivity contribution >= 4 is 24.8 Å². The number of carbonyl (C=O) groups is 1. The van der Waals surface area contributed by atoms with E-state index in [0.717, 1.165) is 55.4 Å². The molecule has 25 heavy (non-hydrogen) atoms. The fraction of sp³-hybridized carbons (Fsp3) is 0.588. The summed E-state index contributed by atoms with van der Waals surface area (Å²) in [5.41, 5.74) is 1.15. The van der Waals surface area contributed by atoms with Crippen molar-refractivity contribution in [3.63, 3.8) is 0 Å². The fourth-order valence-corrected chi connectivity index (χ4v) is 4.83. The average Bonchev–Trinajstić information content (AvgIpc) is 3.37. The first-order chi connectivity index (χ1) is 12.0. The Morgan fingerprint density at radius 1 is 1.36 bits per heavy atom. The van der Waals surface area contributed by atoms with Crippen LogP contribution in [0.5, 0.6) is 5.75 Å². The second kappa shape index (κ2) is 6.83. The second-order valence-corrected chi connectivity index (χ2v) is 8.31. The highest BCUT2D eigenvalue weighted by Crippen LogP contribution is 2.60. The minimum atomic E-state index is -0.981. The SMILES string of the molecule is CN1CCN(CCSc2ccc3c(c2C(=O)O)OB(O)[C@H]2CC32)CC1. The van der Waals surface area contributed by atoms with Crippen LogP contribution in [0.2, 0.25) is 5.82 Å². The molecule has 0 radical (unpaired) electrons. The second-order valence-electron chi connectivity index (χ2n) is 7.17. The number of aromatic carboxylic acids is 1. The number of carboxylic acid groups (broad SMARTS) is 1. The predicted molar refractivity (Wildman–Crippen MR) is 97.8 cm³/mol.